The van der Waals surface area contributed by atoms with Gasteiger partial charge in [0.15, 0.2) is 0 Å². The van der Waals surface area contributed by atoms with E-state index in [-0.39, 0.29) is 4.90 Å². The molecule has 0 amide bonds. The first-order chi connectivity index (χ1) is 7.30. The van der Waals surface area contributed by atoms with E-state index in [9.17, 15) is 8.42 Å². The minimum absolute atomic E-state index is 0.0353. The highest BCUT2D eigenvalue weighted by Crippen LogP contribution is 2.16. The number of rotatable bonds is 4. The molecule has 0 atom stereocenters. The SMILES string of the molecule is Cc1ccc(S(=O)(=O)O)cc1CCN(C)C. The second-order valence-corrected chi connectivity index (χ2v) is 5.54. The molecule has 0 aliphatic carbocycles. The van der Waals surface area contributed by atoms with Crippen LogP contribution in [-0.4, -0.2) is 38.5 Å². The fourth-order valence-corrected chi connectivity index (χ4v) is 1.95. The molecule has 0 bridgehead atoms. The van der Waals surface area contributed by atoms with Crippen LogP contribution in [0.4, 0.5) is 0 Å². The molecule has 0 unspecified atom stereocenters. The van der Waals surface area contributed by atoms with Gasteiger partial charge in [-0.15, -0.1) is 0 Å². The van der Waals surface area contributed by atoms with Gasteiger partial charge in [0, 0.05) is 6.54 Å². The normalized spacial score (nSPS) is 12.1. The maximum absolute atomic E-state index is 11.0. The molecule has 0 aliphatic rings. The fraction of sp³-hybridized carbons (Fsp3) is 0.455. The van der Waals surface area contributed by atoms with Crippen LogP contribution in [0.25, 0.3) is 0 Å². The van der Waals surface area contributed by atoms with Crippen molar-refractivity contribution in [3.05, 3.63) is 29.3 Å². The van der Waals surface area contributed by atoms with Gasteiger partial charge < -0.3 is 4.90 Å². The monoisotopic (exact) mass is 243 g/mol. The Bertz CT molecular complexity index is 466. The molecule has 0 aliphatic heterocycles. The molecule has 1 rings (SSSR count). The zero-order valence-electron chi connectivity index (χ0n) is 9.77. The molecule has 90 valence electrons. The summed E-state index contributed by atoms with van der Waals surface area (Å²) in [6, 6.07) is 4.67. The van der Waals surface area contributed by atoms with Crippen LogP contribution in [-0.2, 0) is 16.5 Å². The van der Waals surface area contributed by atoms with Crippen LogP contribution in [0, 0.1) is 6.92 Å². The lowest BCUT2D eigenvalue weighted by Gasteiger charge is -2.11. The fourth-order valence-electron chi connectivity index (χ4n) is 1.42. The molecule has 16 heavy (non-hydrogen) atoms. The second-order valence-electron chi connectivity index (χ2n) is 4.12. The average Bonchev–Trinajstić information content (AvgIpc) is 2.14. The number of hydrogen-bond donors (Lipinski definition) is 1. The van der Waals surface area contributed by atoms with Crippen LogP contribution in [0.1, 0.15) is 11.1 Å². The lowest BCUT2D eigenvalue weighted by molar-refractivity contribution is 0.413. The lowest BCUT2D eigenvalue weighted by Crippen LogP contribution is -2.15. The molecule has 0 aromatic heterocycles. The number of aryl methyl sites for hydroxylation is 1. The molecule has 0 heterocycles. The maximum atomic E-state index is 11.0. The van der Waals surface area contributed by atoms with Crippen molar-refractivity contribution in [3.8, 4) is 0 Å². The summed E-state index contributed by atoms with van der Waals surface area (Å²) in [5.74, 6) is 0. The highest BCUT2D eigenvalue weighted by molar-refractivity contribution is 7.85. The smallest absolute Gasteiger partial charge is 0.294 e. The van der Waals surface area contributed by atoms with E-state index in [0.29, 0.717) is 0 Å². The van der Waals surface area contributed by atoms with Gasteiger partial charge in [-0.25, -0.2) is 0 Å². The Morgan fingerprint density at radius 1 is 1.31 bits per heavy atom. The Morgan fingerprint density at radius 2 is 1.94 bits per heavy atom. The quantitative estimate of drug-likeness (QED) is 0.811. The highest BCUT2D eigenvalue weighted by Gasteiger charge is 2.11. The van der Waals surface area contributed by atoms with Crippen LogP contribution in [0.3, 0.4) is 0 Å². The average molecular weight is 243 g/mol. The van der Waals surface area contributed by atoms with E-state index in [1.54, 1.807) is 6.07 Å². The summed E-state index contributed by atoms with van der Waals surface area (Å²) in [5.41, 5.74) is 1.98. The van der Waals surface area contributed by atoms with E-state index in [2.05, 4.69) is 0 Å². The zero-order valence-corrected chi connectivity index (χ0v) is 10.6. The van der Waals surface area contributed by atoms with Crippen LogP contribution in [0.5, 0.6) is 0 Å². The minimum Gasteiger partial charge on any atom is -0.309 e. The van der Waals surface area contributed by atoms with Gasteiger partial charge >= 0.3 is 0 Å². The number of likely N-dealkylation sites (N-methyl/N-ethyl adjacent to an activating group) is 1. The van der Waals surface area contributed by atoms with Gasteiger partial charge in [-0.3, -0.25) is 4.55 Å². The molecule has 0 spiro atoms. The van der Waals surface area contributed by atoms with Crippen molar-refractivity contribution in [2.75, 3.05) is 20.6 Å². The van der Waals surface area contributed by atoms with Crippen LogP contribution in [0.2, 0.25) is 0 Å². The Hall–Kier alpha value is -0.910. The van der Waals surface area contributed by atoms with Gasteiger partial charge in [-0.05, 0) is 50.7 Å². The summed E-state index contributed by atoms with van der Waals surface area (Å²) in [6.07, 6.45) is 0.766. The highest BCUT2D eigenvalue weighted by atomic mass is 32.2. The minimum atomic E-state index is -4.09. The van der Waals surface area contributed by atoms with Gasteiger partial charge in [0.05, 0.1) is 4.90 Å². The molecule has 1 aromatic rings. The first-order valence-electron chi connectivity index (χ1n) is 5.02. The summed E-state index contributed by atoms with van der Waals surface area (Å²) in [7, 11) is -0.174. The van der Waals surface area contributed by atoms with Crippen molar-refractivity contribution in [1.29, 1.82) is 0 Å². The molecule has 5 heteroatoms. The summed E-state index contributed by atoms with van der Waals surface area (Å²) in [5, 5.41) is 0. The molecule has 4 nitrogen and oxygen atoms in total. The standard InChI is InChI=1S/C11H17NO3S/c1-9-4-5-11(16(13,14)15)8-10(9)6-7-12(2)3/h4-5,8H,6-7H2,1-3H3,(H,13,14,15). The Morgan fingerprint density at radius 3 is 2.44 bits per heavy atom. The molecule has 0 radical (unpaired) electrons. The first kappa shape index (κ1) is 13.2. The second kappa shape index (κ2) is 4.95. The van der Waals surface area contributed by atoms with Crippen molar-refractivity contribution < 1.29 is 13.0 Å². The van der Waals surface area contributed by atoms with Gasteiger partial charge in [-0.1, -0.05) is 6.07 Å². The summed E-state index contributed by atoms with van der Waals surface area (Å²) in [6.45, 7) is 2.77. The topological polar surface area (TPSA) is 57.6 Å². The van der Waals surface area contributed by atoms with E-state index >= 15 is 0 Å². The van der Waals surface area contributed by atoms with Gasteiger partial charge in [0.2, 0.25) is 0 Å². The molecule has 1 N–H and O–H groups in total. The largest absolute Gasteiger partial charge is 0.309 e. The first-order valence-corrected chi connectivity index (χ1v) is 6.46. The van der Waals surface area contributed by atoms with E-state index < -0.39 is 10.1 Å². The molecule has 0 fully saturated rings. The molecular formula is C11H17NO3S. The van der Waals surface area contributed by atoms with Crippen molar-refractivity contribution in [1.82, 2.24) is 4.90 Å². The predicted octanol–water partition coefficient (Wildman–Crippen LogP) is 1.35. The molecule has 0 saturated carbocycles. The summed E-state index contributed by atoms with van der Waals surface area (Å²) in [4.78, 5) is 1.99. The van der Waals surface area contributed by atoms with Crippen molar-refractivity contribution in [3.63, 3.8) is 0 Å². The van der Waals surface area contributed by atoms with E-state index in [0.717, 1.165) is 24.1 Å². The summed E-state index contributed by atoms with van der Waals surface area (Å²) < 4.78 is 30.9. The number of nitrogens with zero attached hydrogens (tertiary/aromatic N) is 1. The Balaban J connectivity index is 3.00. The van der Waals surface area contributed by atoms with Crippen LogP contribution < -0.4 is 0 Å². The summed E-state index contributed by atoms with van der Waals surface area (Å²) >= 11 is 0. The predicted molar refractivity (Wildman–Crippen MR) is 63.3 cm³/mol. The molecule has 0 saturated heterocycles. The Kier molecular flexibility index (Phi) is 4.07. The van der Waals surface area contributed by atoms with Gasteiger partial charge in [0.1, 0.15) is 0 Å². The lowest BCUT2D eigenvalue weighted by atomic mass is 10.1. The van der Waals surface area contributed by atoms with Gasteiger partial charge in [-0.2, -0.15) is 8.42 Å². The van der Waals surface area contributed by atoms with E-state index in [1.165, 1.54) is 12.1 Å². The molecule has 1 aromatic carbocycles. The van der Waals surface area contributed by atoms with E-state index in [4.69, 9.17) is 4.55 Å². The zero-order chi connectivity index (χ0) is 12.3. The number of hydrogen-bond acceptors (Lipinski definition) is 3. The Labute approximate surface area is 96.6 Å². The van der Waals surface area contributed by atoms with Gasteiger partial charge in [0.25, 0.3) is 10.1 Å². The van der Waals surface area contributed by atoms with E-state index in [1.807, 2.05) is 25.9 Å². The molecular weight excluding hydrogens is 226 g/mol. The maximum Gasteiger partial charge on any atom is 0.294 e. The third-order valence-electron chi connectivity index (χ3n) is 2.45. The van der Waals surface area contributed by atoms with Crippen molar-refractivity contribution >= 4 is 10.1 Å². The van der Waals surface area contributed by atoms with Crippen LogP contribution >= 0.6 is 0 Å². The van der Waals surface area contributed by atoms with Crippen LogP contribution in [0.15, 0.2) is 23.1 Å². The van der Waals surface area contributed by atoms with Crippen molar-refractivity contribution in [2.24, 2.45) is 0 Å². The third kappa shape index (κ3) is 3.59. The third-order valence-corrected chi connectivity index (χ3v) is 3.30. The number of benzene rings is 1. The van der Waals surface area contributed by atoms with Crippen molar-refractivity contribution in [2.45, 2.75) is 18.2 Å².